The number of hydrogen-bond donors (Lipinski definition) is 2. The van der Waals surface area contributed by atoms with Crippen LogP contribution in [-0.2, 0) is 19.5 Å². The summed E-state index contributed by atoms with van der Waals surface area (Å²) in [6.45, 7) is 2.60. The van der Waals surface area contributed by atoms with E-state index in [2.05, 4.69) is 25.6 Å². The van der Waals surface area contributed by atoms with Gasteiger partial charge in [-0.2, -0.15) is 0 Å². The van der Waals surface area contributed by atoms with E-state index < -0.39 is 0 Å². The Hall–Kier alpha value is -2.02. The molecule has 0 unspecified atom stereocenters. The van der Waals surface area contributed by atoms with Crippen molar-refractivity contribution in [3.63, 3.8) is 0 Å². The van der Waals surface area contributed by atoms with Gasteiger partial charge in [-0.15, -0.1) is 11.3 Å². The number of thiophene rings is 1. The van der Waals surface area contributed by atoms with Gasteiger partial charge in [0.2, 0.25) is 0 Å². The van der Waals surface area contributed by atoms with Crippen molar-refractivity contribution >= 4 is 50.9 Å². The van der Waals surface area contributed by atoms with Crippen LogP contribution >= 0.6 is 22.9 Å². The van der Waals surface area contributed by atoms with E-state index in [9.17, 15) is 0 Å². The summed E-state index contributed by atoms with van der Waals surface area (Å²) in [5, 5.41) is 8.66. The summed E-state index contributed by atoms with van der Waals surface area (Å²) in [6, 6.07) is 4.03. The highest BCUT2D eigenvalue weighted by molar-refractivity contribution is 7.19. The molecule has 0 amide bonds. The molecule has 1 aromatic carbocycles. The van der Waals surface area contributed by atoms with Crippen molar-refractivity contribution in [2.75, 3.05) is 11.9 Å². The molecule has 2 aliphatic rings. The van der Waals surface area contributed by atoms with E-state index in [1.54, 1.807) is 17.7 Å². The Morgan fingerprint density at radius 1 is 1.25 bits per heavy atom. The van der Waals surface area contributed by atoms with Gasteiger partial charge < -0.3 is 10.6 Å². The zero-order valence-electron chi connectivity index (χ0n) is 12.8. The molecule has 5 nitrogen and oxygen atoms in total. The number of nitrogens with one attached hydrogen (secondary N) is 2. The molecule has 0 spiro atoms. The number of anilines is 2. The van der Waals surface area contributed by atoms with Gasteiger partial charge in [-0.1, -0.05) is 11.6 Å². The summed E-state index contributed by atoms with van der Waals surface area (Å²) in [4.78, 5) is 15.6. The first kappa shape index (κ1) is 14.3. The van der Waals surface area contributed by atoms with Crippen LogP contribution in [0.1, 0.15) is 21.6 Å². The second-order valence-electron chi connectivity index (χ2n) is 5.96. The monoisotopic (exact) mass is 355 g/mol. The van der Waals surface area contributed by atoms with E-state index in [1.165, 1.54) is 10.4 Å². The molecule has 0 radical (unpaired) electrons. The average Bonchev–Trinajstić information content (AvgIpc) is 3.19. The fraction of sp³-hybridized carbons (Fsp3) is 0.235. The number of fused-ring (bicyclic) bond motifs is 4. The molecule has 24 heavy (non-hydrogen) atoms. The Balaban J connectivity index is 1.63. The molecule has 0 atom stereocenters. The Labute approximate surface area is 147 Å². The number of aromatic nitrogens is 2. The van der Waals surface area contributed by atoms with Gasteiger partial charge in [-0.05, 0) is 41.8 Å². The number of halogens is 1. The Morgan fingerprint density at radius 2 is 2.21 bits per heavy atom. The Kier molecular flexibility index (Phi) is 3.29. The molecule has 2 aliphatic heterocycles. The van der Waals surface area contributed by atoms with E-state index in [0.29, 0.717) is 11.6 Å². The molecule has 5 rings (SSSR count). The van der Waals surface area contributed by atoms with Crippen molar-refractivity contribution in [2.45, 2.75) is 19.5 Å². The van der Waals surface area contributed by atoms with Crippen LogP contribution < -0.4 is 10.6 Å². The quantitative estimate of drug-likeness (QED) is 0.736. The molecule has 120 valence electrons. The van der Waals surface area contributed by atoms with Crippen LogP contribution in [0.25, 0.3) is 10.2 Å². The highest BCUT2D eigenvalue weighted by Gasteiger charge is 2.20. The first-order valence-corrected chi connectivity index (χ1v) is 9.04. The van der Waals surface area contributed by atoms with Crippen molar-refractivity contribution < 1.29 is 0 Å². The predicted octanol–water partition coefficient (Wildman–Crippen LogP) is 3.67. The number of rotatable bonds is 2. The lowest BCUT2D eigenvalue weighted by Crippen LogP contribution is -2.22. The minimum atomic E-state index is 0.691. The van der Waals surface area contributed by atoms with E-state index in [-0.39, 0.29) is 0 Å². The van der Waals surface area contributed by atoms with Gasteiger partial charge in [0.05, 0.1) is 22.6 Å². The smallest absolute Gasteiger partial charge is 0.142 e. The van der Waals surface area contributed by atoms with Crippen LogP contribution in [0.4, 0.5) is 11.5 Å². The van der Waals surface area contributed by atoms with Gasteiger partial charge in [0.15, 0.2) is 0 Å². The van der Waals surface area contributed by atoms with Crippen LogP contribution in [0.2, 0.25) is 5.02 Å². The second-order valence-corrected chi connectivity index (χ2v) is 7.45. The Bertz CT molecular complexity index is 994. The number of nitrogens with zero attached hydrogens (tertiary/aromatic N) is 3. The van der Waals surface area contributed by atoms with Gasteiger partial charge in [0.1, 0.15) is 17.0 Å². The van der Waals surface area contributed by atoms with Crippen LogP contribution in [-0.4, -0.2) is 22.7 Å². The molecule has 0 bridgehead atoms. The molecule has 3 aromatic rings. The summed E-state index contributed by atoms with van der Waals surface area (Å²) in [7, 11) is 0. The SMILES string of the molecule is Clc1cc2c(cc1Nc1ncnc3sc4c(c13)CCNC4)C=NC2. The fourth-order valence-electron chi connectivity index (χ4n) is 3.31. The maximum atomic E-state index is 6.46. The molecule has 4 heterocycles. The van der Waals surface area contributed by atoms with E-state index >= 15 is 0 Å². The fourth-order valence-corrected chi connectivity index (χ4v) is 4.70. The highest BCUT2D eigenvalue weighted by atomic mass is 35.5. The standard InChI is InChI=1S/C17H14ClN5S/c18-12-3-9-5-20-6-10(9)4-13(12)23-16-15-11-1-2-19-7-14(11)24-17(15)22-8-21-16/h3-4,6,8,19H,1-2,5,7H2,(H,21,22,23). The van der Waals surface area contributed by atoms with Gasteiger partial charge in [0, 0.05) is 17.6 Å². The lowest BCUT2D eigenvalue weighted by Gasteiger charge is -2.14. The minimum absolute atomic E-state index is 0.691. The normalized spacial score (nSPS) is 15.5. The van der Waals surface area contributed by atoms with Crippen LogP contribution in [0, 0.1) is 0 Å². The molecular formula is C17H14ClN5S. The molecule has 0 saturated heterocycles. The summed E-state index contributed by atoms with van der Waals surface area (Å²) < 4.78 is 0. The number of benzene rings is 1. The largest absolute Gasteiger partial charge is 0.338 e. The lowest BCUT2D eigenvalue weighted by molar-refractivity contribution is 0.657. The van der Waals surface area contributed by atoms with Crippen LogP contribution in [0.3, 0.4) is 0 Å². The van der Waals surface area contributed by atoms with Gasteiger partial charge in [-0.25, -0.2) is 9.97 Å². The topological polar surface area (TPSA) is 62.2 Å². The lowest BCUT2D eigenvalue weighted by atomic mass is 10.1. The molecule has 7 heteroatoms. The van der Waals surface area contributed by atoms with Gasteiger partial charge >= 0.3 is 0 Å². The molecule has 2 aromatic heterocycles. The van der Waals surface area contributed by atoms with Crippen LogP contribution in [0.15, 0.2) is 23.5 Å². The molecule has 0 aliphatic carbocycles. The van der Waals surface area contributed by atoms with E-state index in [1.807, 2.05) is 18.3 Å². The third kappa shape index (κ3) is 2.22. The molecular weight excluding hydrogens is 342 g/mol. The first-order valence-electron chi connectivity index (χ1n) is 7.85. The van der Waals surface area contributed by atoms with Gasteiger partial charge in [0.25, 0.3) is 0 Å². The minimum Gasteiger partial charge on any atom is -0.338 e. The molecule has 2 N–H and O–H groups in total. The zero-order valence-corrected chi connectivity index (χ0v) is 14.3. The molecule has 0 fully saturated rings. The second kappa shape index (κ2) is 5.51. The number of aliphatic imine (C=N–C) groups is 1. The maximum Gasteiger partial charge on any atom is 0.142 e. The summed E-state index contributed by atoms with van der Waals surface area (Å²) in [5.41, 5.74) is 4.49. The number of hydrogen-bond acceptors (Lipinski definition) is 6. The van der Waals surface area contributed by atoms with Crippen molar-refractivity contribution in [3.05, 3.63) is 45.1 Å². The predicted molar refractivity (Wildman–Crippen MR) is 98.9 cm³/mol. The van der Waals surface area contributed by atoms with Crippen LogP contribution in [0.5, 0.6) is 0 Å². The summed E-state index contributed by atoms with van der Waals surface area (Å²) >= 11 is 8.20. The summed E-state index contributed by atoms with van der Waals surface area (Å²) in [5.74, 6) is 0.830. The highest BCUT2D eigenvalue weighted by Crippen LogP contribution is 2.38. The van der Waals surface area contributed by atoms with Crippen molar-refractivity contribution in [1.29, 1.82) is 0 Å². The average molecular weight is 356 g/mol. The Morgan fingerprint density at radius 3 is 3.17 bits per heavy atom. The van der Waals surface area contributed by atoms with Crippen molar-refractivity contribution in [1.82, 2.24) is 15.3 Å². The van der Waals surface area contributed by atoms with E-state index in [4.69, 9.17) is 11.6 Å². The molecule has 0 saturated carbocycles. The zero-order chi connectivity index (χ0) is 16.1. The third-order valence-corrected chi connectivity index (χ3v) is 5.93. The first-order chi connectivity index (χ1) is 11.8. The maximum absolute atomic E-state index is 6.46. The third-order valence-electron chi connectivity index (χ3n) is 4.48. The summed E-state index contributed by atoms with van der Waals surface area (Å²) in [6.07, 6.45) is 4.51. The van der Waals surface area contributed by atoms with E-state index in [0.717, 1.165) is 52.4 Å². The van der Waals surface area contributed by atoms with Gasteiger partial charge in [-0.3, -0.25) is 4.99 Å². The van der Waals surface area contributed by atoms with Crippen molar-refractivity contribution in [2.24, 2.45) is 4.99 Å². The van der Waals surface area contributed by atoms with Crippen molar-refractivity contribution in [3.8, 4) is 0 Å².